The summed E-state index contributed by atoms with van der Waals surface area (Å²) in [5.41, 5.74) is 0.0651. The molecule has 3 aliphatic rings. The number of rotatable bonds is 5. The average molecular weight is 512 g/mol. The van der Waals surface area contributed by atoms with Gasteiger partial charge in [-0.2, -0.15) is 0 Å². The molecule has 36 heavy (non-hydrogen) atoms. The van der Waals surface area contributed by atoms with Gasteiger partial charge in [0, 0.05) is 55.2 Å². The summed E-state index contributed by atoms with van der Waals surface area (Å²) >= 11 is 6.07. The predicted octanol–water partition coefficient (Wildman–Crippen LogP) is 3.11. The van der Waals surface area contributed by atoms with E-state index in [0.29, 0.717) is 55.2 Å². The number of carbonyl (C=O) groups excluding carboxylic acids is 3. The van der Waals surface area contributed by atoms with E-state index in [-0.39, 0.29) is 30.4 Å². The Kier molecular flexibility index (Phi) is 7.27. The highest BCUT2D eigenvalue weighted by Crippen LogP contribution is 2.39. The number of carbonyl (C=O) groups is 3. The van der Waals surface area contributed by atoms with Crippen molar-refractivity contribution in [3.63, 3.8) is 0 Å². The highest BCUT2D eigenvalue weighted by atomic mass is 35.5. The largest absolute Gasteiger partial charge is 0.376 e. The summed E-state index contributed by atoms with van der Waals surface area (Å²) in [6.45, 7) is 2.03. The number of amides is 3. The lowest BCUT2D eigenvalue weighted by Crippen LogP contribution is -2.60. The summed E-state index contributed by atoms with van der Waals surface area (Å²) in [6.07, 6.45) is 2.72. The molecule has 3 heterocycles. The molecule has 0 saturated carbocycles. The standard InChI is InChI=1S/C27H30ClN3O5/c28-21-9-4-8-20(16-21)25(33)30-13-11-27(12-14-30)31(26(34)19-6-2-1-3-7-19)23(18-36-27)24(32)29-17-22-10-5-15-35-22/h1-4,6-9,16,22-23H,5,10-15,17-18H2,(H,29,32). The van der Waals surface area contributed by atoms with Crippen molar-refractivity contribution < 1.29 is 23.9 Å². The molecule has 2 atom stereocenters. The van der Waals surface area contributed by atoms with Gasteiger partial charge in [-0.15, -0.1) is 0 Å². The van der Waals surface area contributed by atoms with E-state index in [1.807, 2.05) is 6.07 Å². The first-order valence-corrected chi connectivity index (χ1v) is 12.8. The molecule has 3 saturated heterocycles. The van der Waals surface area contributed by atoms with Gasteiger partial charge >= 0.3 is 0 Å². The average Bonchev–Trinajstić information content (AvgIpc) is 3.56. The molecule has 2 unspecified atom stereocenters. The summed E-state index contributed by atoms with van der Waals surface area (Å²) in [5, 5.41) is 3.47. The van der Waals surface area contributed by atoms with Crippen molar-refractivity contribution in [3.8, 4) is 0 Å². The van der Waals surface area contributed by atoms with Gasteiger partial charge in [0.25, 0.3) is 11.8 Å². The van der Waals surface area contributed by atoms with Gasteiger partial charge in [0.05, 0.1) is 12.7 Å². The Labute approximate surface area is 215 Å². The quantitative estimate of drug-likeness (QED) is 0.666. The summed E-state index contributed by atoms with van der Waals surface area (Å²) in [4.78, 5) is 43.4. The minimum atomic E-state index is -0.954. The molecule has 9 heteroatoms. The van der Waals surface area contributed by atoms with E-state index in [9.17, 15) is 14.4 Å². The Morgan fingerprint density at radius 3 is 2.44 bits per heavy atom. The van der Waals surface area contributed by atoms with Crippen molar-refractivity contribution in [3.05, 3.63) is 70.7 Å². The topological polar surface area (TPSA) is 88.2 Å². The number of benzene rings is 2. The van der Waals surface area contributed by atoms with Crippen LogP contribution in [0.15, 0.2) is 54.6 Å². The van der Waals surface area contributed by atoms with Gasteiger partial charge in [-0.1, -0.05) is 35.9 Å². The number of ether oxygens (including phenoxy) is 2. The first-order valence-electron chi connectivity index (χ1n) is 12.4. The lowest BCUT2D eigenvalue weighted by Gasteiger charge is -2.44. The smallest absolute Gasteiger partial charge is 0.256 e. The van der Waals surface area contributed by atoms with Gasteiger partial charge in [0.1, 0.15) is 11.8 Å². The first-order chi connectivity index (χ1) is 17.5. The SMILES string of the molecule is O=C(NCC1CCCO1)C1COC2(CCN(C(=O)c3cccc(Cl)c3)CC2)N1C(=O)c1ccccc1. The van der Waals surface area contributed by atoms with E-state index in [0.717, 1.165) is 12.8 Å². The van der Waals surface area contributed by atoms with Crippen LogP contribution in [0.25, 0.3) is 0 Å². The lowest BCUT2D eigenvalue weighted by molar-refractivity contribution is -0.128. The van der Waals surface area contributed by atoms with Crippen LogP contribution in [0.2, 0.25) is 5.02 Å². The van der Waals surface area contributed by atoms with Crippen LogP contribution in [0.1, 0.15) is 46.4 Å². The third-order valence-corrected chi connectivity index (χ3v) is 7.47. The van der Waals surface area contributed by atoms with Crippen molar-refractivity contribution in [2.24, 2.45) is 0 Å². The molecule has 190 valence electrons. The molecule has 3 aliphatic heterocycles. The van der Waals surface area contributed by atoms with Crippen LogP contribution >= 0.6 is 11.6 Å². The Morgan fingerprint density at radius 2 is 1.75 bits per heavy atom. The van der Waals surface area contributed by atoms with Crippen LogP contribution in [0.3, 0.4) is 0 Å². The molecule has 8 nitrogen and oxygen atoms in total. The monoisotopic (exact) mass is 511 g/mol. The molecule has 0 aliphatic carbocycles. The van der Waals surface area contributed by atoms with Gasteiger partial charge in [-0.3, -0.25) is 19.3 Å². The Hall–Kier alpha value is -2.94. The molecular weight excluding hydrogens is 482 g/mol. The number of halogens is 1. The molecule has 0 aromatic heterocycles. The van der Waals surface area contributed by atoms with Crippen LogP contribution in [0.5, 0.6) is 0 Å². The maximum Gasteiger partial charge on any atom is 0.256 e. The third-order valence-electron chi connectivity index (χ3n) is 7.23. The van der Waals surface area contributed by atoms with Gasteiger partial charge in [-0.05, 0) is 43.2 Å². The number of nitrogens with zero attached hydrogens (tertiary/aromatic N) is 2. The van der Waals surface area contributed by atoms with Gasteiger partial charge in [0.2, 0.25) is 5.91 Å². The Bertz CT molecular complexity index is 1110. The number of hydrogen-bond acceptors (Lipinski definition) is 5. The molecule has 3 fully saturated rings. The second-order valence-electron chi connectivity index (χ2n) is 9.50. The summed E-state index contributed by atoms with van der Waals surface area (Å²) in [6, 6.07) is 15.1. The van der Waals surface area contributed by atoms with E-state index in [2.05, 4.69) is 5.32 Å². The molecule has 2 aromatic carbocycles. The van der Waals surface area contributed by atoms with Gasteiger partial charge in [-0.25, -0.2) is 0 Å². The molecular formula is C27H30ClN3O5. The van der Waals surface area contributed by atoms with Crippen LogP contribution < -0.4 is 5.32 Å². The fourth-order valence-electron chi connectivity index (χ4n) is 5.29. The molecule has 0 radical (unpaired) electrons. The Morgan fingerprint density at radius 1 is 1.00 bits per heavy atom. The highest BCUT2D eigenvalue weighted by Gasteiger charge is 2.54. The van der Waals surface area contributed by atoms with Crippen molar-refractivity contribution >= 4 is 29.3 Å². The van der Waals surface area contributed by atoms with Crippen LogP contribution in [-0.2, 0) is 14.3 Å². The van der Waals surface area contributed by atoms with Crippen molar-refractivity contribution in [1.29, 1.82) is 0 Å². The number of nitrogens with one attached hydrogen (secondary N) is 1. The number of hydrogen-bond donors (Lipinski definition) is 1. The van der Waals surface area contributed by atoms with Crippen molar-refractivity contribution in [2.45, 2.75) is 43.6 Å². The molecule has 1 N–H and O–H groups in total. The van der Waals surface area contributed by atoms with E-state index in [1.165, 1.54) is 0 Å². The van der Waals surface area contributed by atoms with E-state index >= 15 is 0 Å². The molecule has 3 amide bonds. The van der Waals surface area contributed by atoms with Crippen molar-refractivity contribution in [2.75, 3.05) is 32.8 Å². The zero-order valence-electron chi connectivity index (χ0n) is 20.0. The van der Waals surface area contributed by atoms with Gasteiger partial charge in [0.15, 0.2) is 0 Å². The maximum atomic E-state index is 13.7. The van der Waals surface area contributed by atoms with Crippen LogP contribution in [0.4, 0.5) is 0 Å². The fourth-order valence-corrected chi connectivity index (χ4v) is 5.48. The summed E-state index contributed by atoms with van der Waals surface area (Å²) in [5.74, 6) is -0.610. The minimum absolute atomic E-state index is 0.00393. The van der Waals surface area contributed by atoms with Crippen LogP contribution in [-0.4, -0.2) is 78.2 Å². The molecule has 1 spiro atoms. The Balaban J connectivity index is 1.33. The van der Waals surface area contributed by atoms with E-state index in [1.54, 1.807) is 58.3 Å². The first kappa shape index (κ1) is 24.7. The minimum Gasteiger partial charge on any atom is -0.376 e. The number of piperidine rings is 1. The van der Waals surface area contributed by atoms with Crippen molar-refractivity contribution in [1.82, 2.24) is 15.1 Å². The zero-order chi connectivity index (χ0) is 25.1. The van der Waals surface area contributed by atoms with Gasteiger partial charge < -0.3 is 19.7 Å². The fraction of sp³-hybridized carbons (Fsp3) is 0.444. The normalized spacial score (nSPS) is 23.1. The second-order valence-corrected chi connectivity index (χ2v) is 9.93. The molecule has 5 rings (SSSR count). The summed E-state index contributed by atoms with van der Waals surface area (Å²) < 4.78 is 11.9. The summed E-state index contributed by atoms with van der Waals surface area (Å²) in [7, 11) is 0. The maximum absolute atomic E-state index is 13.7. The second kappa shape index (κ2) is 10.6. The van der Waals surface area contributed by atoms with Crippen LogP contribution in [0, 0.1) is 0 Å². The molecule has 0 bridgehead atoms. The van der Waals surface area contributed by atoms with E-state index in [4.69, 9.17) is 21.1 Å². The van der Waals surface area contributed by atoms with E-state index < -0.39 is 11.8 Å². The number of likely N-dealkylation sites (tertiary alicyclic amines) is 1. The zero-order valence-corrected chi connectivity index (χ0v) is 20.8. The highest BCUT2D eigenvalue weighted by molar-refractivity contribution is 6.30. The lowest BCUT2D eigenvalue weighted by atomic mass is 9.96. The molecule has 2 aromatic rings. The predicted molar refractivity (Wildman–Crippen MR) is 134 cm³/mol. The third kappa shape index (κ3) is 4.98.